The Kier molecular flexibility index (Phi) is 4.63. The van der Waals surface area contributed by atoms with Crippen LogP contribution in [0.25, 0.3) is 0 Å². The summed E-state index contributed by atoms with van der Waals surface area (Å²) in [6.45, 7) is 3.71. The molecule has 20 heavy (non-hydrogen) atoms. The second kappa shape index (κ2) is 5.93. The van der Waals surface area contributed by atoms with Crippen LogP contribution in [0.2, 0.25) is 0 Å². The summed E-state index contributed by atoms with van der Waals surface area (Å²) in [5.74, 6) is -0.416. The van der Waals surface area contributed by atoms with Gasteiger partial charge in [0.2, 0.25) is 0 Å². The molecule has 1 unspecified atom stereocenters. The zero-order valence-electron chi connectivity index (χ0n) is 10.8. The van der Waals surface area contributed by atoms with E-state index in [4.69, 9.17) is 11.2 Å². The van der Waals surface area contributed by atoms with Gasteiger partial charge in [-0.15, -0.1) is 11.3 Å². The molecule has 0 fully saturated rings. The number of benzene rings is 1. The van der Waals surface area contributed by atoms with Gasteiger partial charge in [0, 0.05) is 21.2 Å². The monoisotopic (exact) mass is 389 g/mol. The third-order valence-electron chi connectivity index (χ3n) is 2.63. The number of halogens is 1. The van der Waals surface area contributed by atoms with E-state index in [0.717, 1.165) is 15.6 Å². The van der Waals surface area contributed by atoms with Crippen molar-refractivity contribution in [3.05, 3.63) is 50.8 Å². The van der Waals surface area contributed by atoms with E-state index in [-0.39, 0.29) is 0 Å². The van der Waals surface area contributed by atoms with Crippen LogP contribution in [-0.2, 0) is 19.9 Å². The molecule has 1 aromatic heterocycles. The van der Waals surface area contributed by atoms with E-state index >= 15 is 0 Å². The third-order valence-corrected chi connectivity index (χ3v) is 7.16. The average molecular weight is 390 g/mol. The smallest absolute Gasteiger partial charge is 0.263 e. The molecule has 1 N–H and O–H groups in total. The second-order valence-corrected chi connectivity index (χ2v) is 9.48. The first-order chi connectivity index (χ1) is 9.29. The molecule has 0 bridgehead atoms. The number of hydrogen-bond donors (Lipinski definition) is 1. The van der Waals surface area contributed by atoms with E-state index in [1.165, 1.54) is 11.3 Å². The van der Waals surface area contributed by atoms with Gasteiger partial charge in [0.1, 0.15) is 4.21 Å². The van der Waals surface area contributed by atoms with Crippen LogP contribution in [0, 0.1) is 13.8 Å². The number of aryl methyl sites for hydroxylation is 2. The lowest BCUT2D eigenvalue weighted by molar-refractivity contribution is 0.0982. The molecule has 1 aromatic carbocycles. The number of thiophene rings is 1. The lowest BCUT2D eigenvalue weighted by Gasteiger charge is -2.09. The highest BCUT2D eigenvalue weighted by Crippen LogP contribution is 2.21. The van der Waals surface area contributed by atoms with Crippen molar-refractivity contribution >= 4 is 53.0 Å². The fourth-order valence-corrected chi connectivity index (χ4v) is 5.05. The van der Waals surface area contributed by atoms with Gasteiger partial charge in [0.25, 0.3) is 5.91 Å². The Morgan fingerprint density at radius 3 is 2.60 bits per heavy atom. The van der Waals surface area contributed by atoms with Gasteiger partial charge in [0.15, 0.2) is 8.68 Å². The van der Waals surface area contributed by atoms with Crippen molar-refractivity contribution in [2.75, 3.05) is 0 Å². The van der Waals surface area contributed by atoms with Gasteiger partial charge in [-0.2, -0.15) is 0 Å². The fourth-order valence-electron chi connectivity index (χ4n) is 1.66. The molecule has 3 nitrogen and oxygen atoms in total. The van der Waals surface area contributed by atoms with Crippen LogP contribution in [0.1, 0.15) is 21.5 Å². The first kappa shape index (κ1) is 15.6. The van der Waals surface area contributed by atoms with Crippen LogP contribution in [0.4, 0.5) is 0 Å². The standard InChI is InChI=1S/C13H12BrNO2S3/c1-8-5-12(19-7-8)20(17,18)15-13(16)11-4-3-10(14)6-9(11)2/h3-7H,1-2H3,(H,15,16). The van der Waals surface area contributed by atoms with Crippen LogP contribution >= 0.6 is 27.3 Å². The lowest BCUT2D eigenvalue weighted by Crippen LogP contribution is -2.29. The minimum atomic E-state index is -2.97. The maximum Gasteiger partial charge on any atom is 0.263 e. The summed E-state index contributed by atoms with van der Waals surface area (Å²) in [6, 6.07) is 7.02. The number of carbonyl (C=O) groups is 1. The van der Waals surface area contributed by atoms with E-state index in [9.17, 15) is 9.00 Å². The van der Waals surface area contributed by atoms with Crippen molar-refractivity contribution in [2.45, 2.75) is 18.1 Å². The van der Waals surface area contributed by atoms with Gasteiger partial charge in [0.05, 0.1) is 0 Å². The Bertz CT molecular complexity index is 766. The first-order valence-electron chi connectivity index (χ1n) is 5.68. The summed E-state index contributed by atoms with van der Waals surface area (Å²) in [5.41, 5.74) is 2.25. The number of amides is 1. The van der Waals surface area contributed by atoms with Crippen molar-refractivity contribution in [2.24, 2.45) is 0 Å². The molecule has 106 valence electrons. The number of nitrogens with one attached hydrogen (secondary N) is 1. The average Bonchev–Trinajstić information content (AvgIpc) is 2.75. The maximum atomic E-state index is 12.4. The first-order valence-corrected chi connectivity index (χ1v) is 9.83. The molecule has 0 spiro atoms. The van der Waals surface area contributed by atoms with Crippen LogP contribution in [0.5, 0.6) is 0 Å². The predicted molar refractivity (Wildman–Crippen MR) is 89.2 cm³/mol. The Balaban J connectivity index is 2.27. The molecule has 0 saturated carbocycles. The molecule has 1 atom stereocenters. The third kappa shape index (κ3) is 3.46. The molecule has 1 heterocycles. The zero-order valence-corrected chi connectivity index (χ0v) is 14.8. The van der Waals surface area contributed by atoms with E-state index in [1.807, 2.05) is 25.3 Å². The predicted octanol–water partition coefficient (Wildman–Crippen LogP) is 3.58. The van der Waals surface area contributed by atoms with E-state index in [0.29, 0.717) is 9.77 Å². The van der Waals surface area contributed by atoms with Gasteiger partial charge < -0.3 is 0 Å². The minimum Gasteiger partial charge on any atom is -0.268 e. The van der Waals surface area contributed by atoms with Gasteiger partial charge in [-0.1, -0.05) is 15.9 Å². The zero-order chi connectivity index (χ0) is 14.9. The molecular weight excluding hydrogens is 378 g/mol. The van der Waals surface area contributed by atoms with Crippen molar-refractivity contribution < 1.29 is 9.00 Å². The number of carbonyl (C=O) groups excluding carboxylic acids is 1. The summed E-state index contributed by atoms with van der Waals surface area (Å²) in [4.78, 5) is 12.2. The normalized spacial score (nSPS) is 13.8. The lowest BCUT2D eigenvalue weighted by atomic mass is 10.1. The summed E-state index contributed by atoms with van der Waals surface area (Å²) in [5, 5.41) is 1.86. The largest absolute Gasteiger partial charge is 0.268 e. The summed E-state index contributed by atoms with van der Waals surface area (Å²) in [6.07, 6.45) is 0. The Morgan fingerprint density at radius 1 is 1.35 bits per heavy atom. The quantitative estimate of drug-likeness (QED) is 0.872. The summed E-state index contributed by atoms with van der Waals surface area (Å²) in [7, 11) is -2.97. The topological polar surface area (TPSA) is 46.2 Å². The van der Waals surface area contributed by atoms with E-state index in [2.05, 4.69) is 20.7 Å². The molecule has 0 radical (unpaired) electrons. The molecule has 2 rings (SSSR count). The Labute approximate surface area is 135 Å². The second-order valence-electron chi connectivity index (χ2n) is 4.34. The Hall–Kier alpha value is -0.760. The number of hydrogen-bond acceptors (Lipinski definition) is 4. The summed E-state index contributed by atoms with van der Waals surface area (Å²) < 4.78 is 16.3. The van der Waals surface area contributed by atoms with Crippen molar-refractivity contribution in [1.82, 2.24) is 4.72 Å². The number of rotatable bonds is 3. The molecular formula is C13H12BrNO2S3. The van der Waals surface area contributed by atoms with Crippen LogP contribution in [0.3, 0.4) is 0 Å². The van der Waals surface area contributed by atoms with Crippen LogP contribution in [-0.4, -0.2) is 10.1 Å². The highest BCUT2D eigenvalue weighted by molar-refractivity contribution is 9.10. The van der Waals surface area contributed by atoms with Gasteiger partial charge in [-0.05, 0) is 54.6 Å². The molecule has 0 aliphatic rings. The molecule has 1 amide bonds. The molecule has 0 saturated heterocycles. The van der Waals surface area contributed by atoms with Crippen LogP contribution in [0.15, 0.2) is 38.3 Å². The molecule has 2 aromatic rings. The van der Waals surface area contributed by atoms with Gasteiger partial charge in [-0.3, -0.25) is 9.52 Å². The van der Waals surface area contributed by atoms with E-state index in [1.54, 1.807) is 18.2 Å². The van der Waals surface area contributed by atoms with Crippen molar-refractivity contribution in [3.63, 3.8) is 0 Å². The van der Waals surface area contributed by atoms with Crippen molar-refractivity contribution in [3.8, 4) is 0 Å². The summed E-state index contributed by atoms with van der Waals surface area (Å²) >= 11 is 9.70. The SMILES string of the molecule is Cc1csc(S(=O)(=S)NC(=O)c2ccc(Br)cc2C)c1. The maximum absolute atomic E-state index is 12.4. The fraction of sp³-hybridized carbons (Fsp3) is 0.154. The molecule has 7 heteroatoms. The minimum absolute atomic E-state index is 0.416. The Morgan fingerprint density at radius 2 is 2.05 bits per heavy atom. The molecule has 0 aliphatic heterocycles. The highest BCUT2D eigenvalue weighted by Gasteiger charge is 2.18. The van der Waals surface area contributed by atoms with Gasteiger partial charge >= 0.3 is 0 Å². The highest BCUT2D eigenvalue weighted by atomic mass is 79.9. The van der Waals surface area contributed by atoms with Crippen LogP contribution < -0.4 is 4.72 Å². The molecule has 0 aliphatic carbocycles. The van der Waals surface area contributed by atoms with Crippen molar-refractivity contribution in [1.29, 1.82) is 0 Å². The van der Waals surface area contributed by atoms with E-state index < -0.39 is 14.6 Å². The van der Waals surface area contributed by atoms with Gasteiger partial charge in [-0.25, -0.2) is 4.21 Å².